The summed E-state index contributed by atoms with van der Waals surface area (Å²) in [4.78, 5) is 16.4. The van der Waals surface area contributed by atoms with E-state index in [9.17, 15) is 9.90 Å². The van der Waals surface area contributed by atoms with Gasteiger partial charge in [0.2, 0.25) is 0 Å². The highest BCUT2D eigenvalue weighted by molar-refractivity contribution is 6.03. The van der Waals surface area contributed by atoms with Gasteiger partial charge in [-0.2, -0.15) is 9.90 Å². The van der Waals surface area contributed by atoms with Gasteiger partial charge in [-0.25, -0.2) is 0 Å². The minimum Gasteiger partial charge on any atom is -0.396 e. The highest BCUT2D eigenvalue weighted by Crippen LogP contribution is 2.22. The van der Waals surface area contributed by atoms with Gasteiger partial charge in [0.05, 0.1) is 12.7 Å². The predicted octanol–water partition coefficient (Wildman–Crippen LogP) is 2.29. The van der Waals surface area contributed by atoms with Gasteiger partial charge in [-0.1, -0.05) is 18.6 Å². The largest absolute Gasteiger partial charge is 0.396 e. The third kappa shape index (κ3) is 4.68. The van der Waals surface area contributed by atoms with E-state index in [1.165, 1.54) is 17.6 Å². The van der Waals surface area contributed by atoms with Gasteiger partial charge in [0.15, 0.2) is 5.82 Å². The van der Waals surface area contributed by atoms with Crippen LogP contribution in [0.5, 0.6) is 0 Å². The molecule has 1 amide bonds. The lowest BCUT2D eigenvalue weighted by Crippen LogP contribution is -2.39. The van der Waals surface area contributed by atoms with Gasteiger partial charge in [0, 0.05) is 24.8 Å². The van der Waals surface area contributed by atoms with Gasteiger partial charge in [0.1, 0.15) is 0 Å². The zero-order valence-electron chi connectivity index (χ0n) is 15.3. The fourth-order valence-corrected chi connectivity index (χ4v) is 3.48. The van der Waals surface area contributed by atoms with Crippen LogP contribution in [0, 0.1) is 0 Å². The van der Waals surface area contributed by atoms with Gasteiger partial charge in [-0.15, -0.1) is 5.10 Å². The molecule has 3 rings (SSSR count). The summed E-state index contributed by atoms with van der Waals surface area (Å²) in [5, 5.41) is 20.3. The molecule has 1 atom stereocenters. The van der Waals surface area contributed by atoms with Gasteiger partial charge in [-0.3, -0.25) is 9.69 Å². The first kappa shape index (κ1) is 18.5. The zero-order chi connectivity index (χ0) is 18.4. The summed E-state index contributed by atoms with van der Waals surface area (Å²) in [5.41, 5.74) is 1.73. The second-order valence-corrected chi connectivity index (χ2v) is 6.71. The van der Waals surface area contributed by atoms with Crippen molar-refractivity contribution in [1.82, 2.24) is 19.9 Å². The first-order valence-corrected chi connectivity index (χ1v) is 9.35. The number of nitrogens with one attached hydrogen (secondary N) is 1. The van der Waals surface area contributed by atoms with Crippen molar-refractivity contribution in [2.75, 3.05) is 18.5 Å². The Labute approximate surface area is 154 Å². The van der Waals surface area contributed by atoms with Crippen LogP contribution in [0.1, 0.15) is 48.5 Å². The molecule has 0 aliphatic carbocycles. The van der Waals surface area contributed by atoms with Crippen molar-refractivity contribution in [2.24, 2.45) is 0 Å². The fraction of sp³-hybridized carbons (Fsp3) is 0.526. The van der Waals surface area contributed by atoms with Crippen molar-refractivity contribution >= 4 is 11.7 Å². The maximum Gasteiger partial charge on any atom is 0.256 e. The van der Waals surface area contributed by atoms with Crippen LogP contribution in [0.15, 0.2) is 30.5 Å². The minimum absolute atomic E-state index is 0.180. The molecule has 1 aliphatic heterocycles. The molecular formula is C19H27N5O2. The number of anilines is 1. The standard InChI is InChI=1S/C19H27N5O2/c1-2-24-20-13-18(22-24)21-19(26)16-7-5-6-15(12-16)14-23-10-4-3-8-17(23)9-11-25/h5-7,12-13,17,25H,2-4,8-11,14H2,1H3,(H,21,22,26)/t17-/m0/s1. The number of aliphatic hydroxyl groups is 1. The molecule has 7 heteroatoms. The summed E-state index contributed by atoms with van der Waals surface area (Å²) in [5.74, 6) is 0.279. The molecule has 2 N–H and O–H groups in total. The number of nitrogens with zero attached hydrogens (tertiary/aromatic N) is 4. The number of likely N-dealkylation sites (tertiary alicyclic amines) is 1. The Kier molecular flexibility index (Phi) is 6.35. The molecule has 0 saturated carbocycles. The molecule has 1 aromatic heterocycles. The van der Waals surface area contributed by atoms with E-state index >= 15 is 0 Å². The van der Waals surface area contributed by atoms with E-state index < -0.39 is 0 Å². The second-order valence-electron chi connectivity index (χ2n) is 6.71. The third-order valence-corrected chi connectivity index (χ3v) is 4.85. The van der Waals surface area contributed by atoms with Gasteiger partial charge in [0.25, 0.3) is 5.91 Å². The van der Waals surface area contributed by atoms with E-state index in [2.05, 4.69) is 26.5 Å². The third-order valence-electron chi connectivity index (χ3n) is 4.85. The molecule has 0 spiro atoms. The van der Waals surface area contributed by atoms with Gasteiger partial charge >= 0.3 is 0 Å². The molecule has 1 saturated heterocycles. The van der Waals surface area contributed by atoms with E-state index in [0.29, 0.717) is 24.0 Å². The molecule has 1 aliphatic rings. The zero-order valence-corrected chi connectivity index (χ0v) is 15.3. The van der Waals surface area contributed by atoms with E-state index in [-0.39, 0.29) is 12.5 Å². The quantitative estimate of drug-likeness (QED) is 0.794. The first-order valence-electron chi connectivity index (χ1n) is 9.35. The van der Waals surface area contributed by atoms with E-state index in [1.807, 2.05) is 25.1 Å². The van der Waals surface area contributed by atoms with Crippen molar-refractivity contribution in [3.63, 3.8) is 0 Å². The summed E-state index contributed by atoms with van der Waals surface area (Å²) in [6, 6.07) is 8.14. The molecule has 2 aromatic rings. The number of rotatable bonds is 7. The average Bonchev–Trinajstić information content (AvgIpc) is 3.11. The molecule has 2 heterocycles. The fourth-order valence-electron chi connectivity index (χ4n) is 3.48. The van der Waals surface area contributed by atoms with Crippen LogP contribution >= 0.6 is 0 Å². The van der Waals surface area contributed by atoms with E-state index in [1.54, 1.807) is 6.20 Å². The number of aliphatic hydroxyl groups excluding tert-OH is 1. The van der Waals surface area contributed by atoms with Gasteiger partial charge < -0.3 is 10.4 Å². The highest BCUT2D eigenvalue weighted by Gasteiger charge is 2.22. The number of piperidine rings is 1. The van der Waals surface area contributed by atoms with Crippen molar-refractivity contribution in [3.8, 4) is 0 Å². The molecular weight excluding hydrogens is 330 g/mol. The monoisotopic (exact) mass is 357 g/mol. The van der Waals surface area contributed by atoms with Crippen LogP contribution < -0.4 is 5.32 Å². The number of hydrogen-bond acceptors (Lipinski definition) is 5. The number of benzene rings is 1. The number of aromatic nitrogens is 3. The molecule has 26 heavy (non-hydrogen) atoms. The lowest BCUT2D eigenvalue weighted by molar-refractivity contribution is 0.102. The Bertz CT molecular complexity index is 728. The lowest BCUT2D eigenvalue weighted by atomic mass is 9.98. The van der Waals surface area contributed by atoms with Crippen molar-refractivity contribution in [1.29, 1.82) is 0 Å². The number of carbonyl (C=O) groups is 1. The Hall–Kier alpha value is -2.25. The maximum atomic E-state index is 12.5. The molecule has 7 nitrogen and oxygen atoms in total. The highest BCUT2D eigenvalue weighted by atomic mass is 16.3. The van der Waals surface area contributed by atoms with Crippen LogP contribution in [0.3, 0.4) is 0 Å². The van der Waals surface area contributed by atoms with E-state index in [4.69, 9.17) is 0 Å². The normalized spacial score (nSPS) is 18.0. The summed E-state index contributed by atoms with van der Waals surface area (Å²) >= 11 is 0. The van der Waals surface area contributed by atoms with Crippen molar-refractivity contribution in [2.45, 2.75) is 51.7 Å². The Morgan fingerprint density at radius 3 is 3.04 bits per heavy atom. The molecule has 0 radical (unpaired) electrons. The van der Waals surface area contributed by atoms with Crippen LogP contribution in [0.2, 0.25) is 0 Å². The summed E-state index contributed by atoms with van der Waals surface area (Å²) < 4.78 is 0. The van der Waals surface area contributed by atoms with Crippen molar-refractivity contribution < 1.29 is 9.90 Å². The number of carbonyl (C=O) groups excluding carboxylic acids is 1. The minimum atomic E-state index is -0.180. The molecule has 1 fully saturated rings. The Balaban J connectivity index is 1.66. The Morgan fingerprint density at radius 2 is 2.27 bits per heavy atom. The van der Waals surface area contributed by atoms with Crippen LogP contribution in [-0.2, 0) is 13.1 Å². The molecule has 140 valence electrons. The van der Waals surface area contributed by atoms with Crippen molar-refractivity contribution in [3.05, 3.63) is 41.6 Å². The maximum absolute atomic E-state index is 12.5. The van der Waals surface area contributed by atoms with E-state index in [0.717, 1.165) is 31.5 Å². The molecule has 1 aromatic carbocycles. The smallest absolute Gasteiger partial charge is 0.256 e. The Morgan fingerprint density at radius 1 is 1.38 bits per heavy atom. The molecule has 0 unspecified atom stereocenters. The predicted molar refractivity (Wildman–Crippen MR) is 99.8 cm³/mol. The summed E-state index contributed by atoms with van der Waals surface area (Å²) in [6.07, 6.45) is 5.91. The number of hydrogen-bond donors (Lipinski definition) is 2. The van der Waals surface area contributed by atoms with Crippen LogP contribution in [-0.4, -0.2) is 50.1 Å². The topological polar surface area (TPSA) is 83.3 Å². The summed E-state index contributed by atoms with van der Waals surface area (Å²) in [6.45, 7) is 4.68. The number of amides is 1. The number of aryl methyl sites for hydroxylation is 1. The van der Waals surface area contributed by atoms with Crippen LogP contribution in [0.4, 0.5) is 5.82 Å². The molecule has 0 bridgehead atoms. The second kappa shape index (κ2) is 8.91. The lowest BCUT2D eigenvalue weighted by Gasteiger charge is -2.35. The van der Waals surface area contributed by atoms with Crippen LogP contribution in [0.25, 0.3) is 0 Å². The summed E-state index contributed by atoms with van der Waals surface area (Å²) in [7, 11) is 0. The van der Waals surface area contributed by atoms with Gasteiger partial charge in [-0.05, 0) is 50.4 Å². The first-order chi connectivity index (χ1) is 12.7. The SMILES string of the molecule is CCn1ncc(NC(=O)c2cccc(CN3CCCC[C@H]3CCO)c2)n1. The average molecular weight is 357 g/mol.